The zero-order chi connectivity index (χ0) is 17.9. The Balaban J connectivity index is 1.49. The number of hydrogen-bond donors (Lipinski definition) is 0. The number of fused-ring (bicyclic) bond motifs is 1. The van der Waals surface area contributed by atoms with Crippen molar-refractivity contribution in [3.8, 4) is 34.5 Å². The van der Waals surface area contributed by atoms with Crippen molar-refractivity contribution in [3.63, 3.8) is 0 Å². The first-order chi connectivity index (χ1) is 12.8. The molecule has 0 fully saturated rings. The van der Waals surface area contributed by atoms with Crippen LogP contribution in [0.3, 0.4) is 0 Å². The minimum atomic E-state index is 0.228. The molecule has 0 radical (unpaired) electrons. The Kier molecular flexibility index (Phi) is 4.57. The average molecular weight is 372 g/mol. The molecule has 134 valence electrons. The largest absolute Gasteiger partial charge is 0.497 e. The van der Waals surface area contributed by atoms with Gasteiger partial charge in [0, 0.05) is 16.9 Å². The second-order valence-electron chi connectivity index (χ2n) is 5.41. The Hall–Kier alpha value is -2.87. The second-order valence-corrected chi connectivity index (χ2v) is 6.33. The predicted molar refractivity (Wildman–Crippen MR) is 95.0 cm³/mol. The van der Waals surface area contributed by atoms with E-state index in [4.69, 9.17) is 23.4 Å². The molecule has 2 aromatic carbocycles. The number of benzene rings is 2. The molecule has 4 rings (SSSR count). The Morgan fingerprint density at radius 2 is 1.88 bits per heavy atom. The molecule has 0 N–H and O–H groups in total. The maximum atomic E-state index is 5.75. The van der Waals surface area contributed by atoms with E-state index >= 15 is 0 Å². The molecule has 0 aliphatic carbocycles. The lowest BCUT2D eigenvalue weighted by Gasteiger charge is -2.09. The van der Waals surface area contributed by atoms with E-state index in [2.05, 4.69) is 10.2 Å². The molecule has 7 nitrogen and oxygen atoms in total. The van der Waals surface area contributed by atoms with Gasteiger partial charge in [-0.3, -0.25) is 0 Å². The molecule has 0 unspecified atom stereocenters. The number of rotatable bonds is 6. The summed E-state index contributed by atoms with van der Waals surface area (Å²) in [7, 11) is 3.27. The molecule has 0 atom stereocenters. The average Bonchev–Trinajstić information content (AvgIpc) is 3.34. The lowest BCUT2D eigenvalue weighted by Crippen LogP contribution is -1.92. The third-order valence-corrected chi connectivity index (χ3v) is 4.73. The third kappa shape index (κ3) is 3.28. The Morgan fingerprint density at radius 1 is 1.00 bits per heavy atom. The van der Waals surface area contributed by atoms with Gasteiger partial charge in [0.2, 0.25) is 12.7 Å². The lowest BCUT2D eigenvalue weighted by atomic mass is 10.2. The van der Waals surface area contributed by atoms with Crippen LogP contribution in [0.1, 0.15) is 5.56 Å². The maximum absolute atomic E-state index is 5.75. The van der Waals surface area contributed by atoms with Crippen LogP contribution in [0, 0.1) is 0 Å². The predicted octanol–water partition coefficient (Wildman–Crippen LogP) is 3.77. The zero-order valence-electron chi connectivity index (χ0n) is 14.2. The van der Waals surface area contributed by atoms with E-state index in [9.17, 15) is 0 Å². The first-order valence-electron chi connectivity index (χ1n) is 7.84. The normalized spacial score (nSPS) is 12.2. The van der Waals surface area contributed by atoms with Crippen molar-refractivity contribution in [1.82, 2.24) is 10.2 Å². The van der Waals surface area contributed by atoms with Crippen LogP contribution in [0.15, 0.2) is 46.0 Å². The summed E-state index contributed by atoms with van der Waals surface area (Å²) in [6, 6.07) is 11.2. The van der Waals surface area contributed by atoms with Crippen molar-refractivity contribution in [2.75, 3.05) is 21.0 Å². The smallest absolute Gasteiger partial charge is 0.277 e. The third-order valence-electron chi connectivity index (χ3n) is 3.86. The van der Waals surface area contributed by atoms with Gasteiger partial charge in [-0.25, -0.2) is 0 Å². The van der Waals surface area contributed by atoms with Crippen LogP contribution in [0.2, 0.25) is 0 Å². The SMILES string of the molecule is COc1ccc(OC)c(CSc2nnc(-c3ccc4c(c3)OCO4)o2)c1. The van der Waals surface area contributed by atoms with Crippen LogP contribution in [0.25, 0.3) is 11.5 Å². The minimum Gasteiger partial charge on any atom is -0.497 e. The lowest BCUT2D eigenvalue weighted by molar-refractivity contribution is 0.174. The Bertz CT molecular complexity index is 928. The van der Waals surface area contributed by atoms with Gasteiger partial charge in [0.1, 0.15) is 11.5 Å². The van der Waals surface area contributed by atoms with Gasteiger partial charge in [0.25, 0.3) is 5.22 Å². The van der Waals surface area contributed by atoms with Crippen molar-refractivity contribution in [1.29, 1.82) is 0 Å². The van der Waals surface area contributed by atoms with Crippen LogP contribution in [0.4, 0.5) is 0 Å². The molecule has 3 aromatic rings. The molecular formula is C18H16N2O5S. The summed E-state index contributed by atoms with van der Waals surface area (Å²) >= 11 is 1.43. The van der Waals surface area contributed by atoms with Crippen molar-refractivity contribution in [2.45, 2.75) is 11.0 Å². The van der Waals surface area contributed by atoms with Gasteiger partial charge in [-0.15, -0.1) is 10.2 Å². The summed E-state index contributed by atoms with van der Waals surface area (Å²) in [6.07, 6.45) is 0. The fraction of sp³-hybridized carbons (Fsp3) is 0.222. The highest BCUT2D eigenvalue weighted by Crippen LogP contribution is 2.36. The molecule has 1 aliphatic heterocycles. The van der Waals surface area contributed by atoms with E-state index < -0.39 is 0 Å². The van der Waals surface area contributed by atoms with E-state index in [1.807, 2.05) is 36.4 Å². The van der Waals surface area contributed by atoms with Crippen LogP contribution >= 0.6 is 11.8 Å². The van der Waals surface area contributed by atoms with Crippen molar-refractivity contribution < 1.29 is 23.4 Å². The summed E-state index contributed by atoms with van der Waals surface area (Å²) in [6.45, 7) is 0.228. The molecule has 8 heteroatoms. The highest BCUT2D eigenvalue weighted by atomic mass is 32.2. The highest BCUT2D eigenvalue weighted by molar-refractivity contribution is 7.98. The van der Waals surface area contributed by atoms with Gasteiger partial charge in [-0.05, 0) is 36.4 Å². The summed E-state index contributed by atoms with van der Waals surface area (Å²) in [5.41, 5.74) is 1.77. The molecule has 0 saturated heterocycles. The summed E-state index contributed by atoms with van der Waals surface area (Å²) in [5.74, 6) is 4.00. The number of ether oxygens (including phenoxy) is 4. The summed E-state index contributed by atoms with van der Waals surface area (Å²) in [4.78, 5) is 0. The van der Waals surface area contributed by atoms with E-state index in [1.165, 1.54) is 11.8 Å². The van der Waals surface area contributed by atoms with E-state index in [0.29, 0.717) is 28.4 Å². The molecule has 0 saturated carbocycles. The number of thioether (sulfide) groups is 1. The topological polar surface area (TPSA) is 75.8 Å². The van der Waals surface area contributed by atoms with Crippen LogP contribution in [0.5, 0.6) is 23.0 Å². The number of hydrogen-bond acceptors (Lipinski definition) is 8. The second kappa shape index (κ2) is 7.17. The molecule has 0 amide bonds. The number of nitrogens with zero attached hydrogens (tertiary/aromatic N) is 2. The fourth-order valence-electron chi connectivity index (χ4n) is 2.55. The number of aromatic nitrogens is 2. The van der Waals surface area contributed by atoms with Crippen LogP contribution < -0.4 is 18.9 Å². The molecule has 2 heterocycles. The van der Waals surface area contributed by atoms with Gasteiger partial charge in [-0.2, -0.15) is 0 Å². The van der Waals surface area contributed by atoms with Crippen molar-refractivity contribution >= 4 is 11.8 Å². The summed E-state index contributed by atoms with van der Waals surface area (Å²) in [5, 5.41) is 8.69. The highest BCUT2D eigenvalue weighted by Gasteiger charge is 2.17. The number of methoxy groups -OCH3 is 2. The van der Waals surface area contributed by atoms with Gasteiger partial charge in [-0.1, -0.05) is 11.8 Å². The molecule has 0 bridgehead atoms. The molecule has 0 spiro atoms. The van der Waals surface area contributed by atoms with Crippen molar-refractivity contribution in [2.24, 2.45) is 0 Å². The zero-order valence-corrected chi connectivity index (χ0v) is 15.0. The van der Waals surface area contributed by atoms with Crippen LogP contribution in [-0.2, 0) is 5.75 Å². The van der Waals surface area contributed by atoms with E-state index in [0.717, 1.165) is 22.6 Å². The molecule has 1 aromatic heterocycles. The first kappa shape index (κ1) is 16.6. The minimum absolute atomic E-state index is 0.228. The van der Waals surface area contributed by atoms with Gasteiger partial charge in [0.15, 0.2) is 11.5 Å². The Morgan fingerprint density at radius 3 is 2.73 bits per heavy atom. The van der Waals surface area contributed by atoms with Gasteiger partial charge >= 0.3 is 0 Å². The summed E-state index contributed by atoms with van der Waals surface area (Å²) < 4.78 is 27.1. The van der Waals surface area contributed by atoms with Crippen molar-refractivity contribution in [3.05, 3.63) is 42.0 Å². The Labute approximate surface area is 154 Å². The maximum Gasteiger partial charge on any atom is 0.277 e. The van der Waals surface area contributed by atoms with Gasteiger partial charge in [0.05, 0.1) is 14.2 Å². The molecule has 1 aliphatic rings. The van der Waals surface area contributed by atoms with Gasteiger partial charge < -0.3 is 23.4 Å². The van der Waals surface area contributed by atoms with E-state index in [-0.39, 0.29) is 6.79 Å². The quantitative estimate of drug-likeness (QED) is 0.605. The monoisotopic (exact) mass is 372 g/mol. The standard InChI is InChI=1S/C18H16N2O5S/c1-21-13-4-6-14(22-2)12(7-13)9-26-18-20-19-17(25-18)11-3-5-15-16(8-11)24-10-23-15/h3-8H,9-10H2,1-2H3. The van der Waals surface area contributed by atoms with Crippen LogP contribution in [-0.4, -0.2) is 31.2 Å². The first-order valence-corrected chi connectivity index (χ1v) is 8.82. The van der Waals surface area contributed by atoms with E-state index in [1.54, 1.807) is 14.2 Å². The fourth-order valence-corrected chi connectivity index (χ4v) is 3.29. The molecular weight excluding hydrogens is 356 g/mol. The molecule has 26 heavy (non-hydrogen) atoms.